The van der Waals surface area contributed by atoms with E-state index in [4.69, 9.17) is 16.3 Å². The summed E-state index contributed by atoms with van der Waals surface area (Å²) in [6.07, 6.45) is -4.54. The maximum Gasteiger partial charge on any atom is 0.416 e. The molecule has 0 heterocycles. The number of hydrogen-bond acceptors (Lipinski definition) is 2. The zero-order chi connectivity index (χ0) is 18.1. The van der Waals surface area contributed by atoms with Crippen LogP contribution in [0.15, 0.2) is 39.3 Å². The molecule has 1 amide bonds. The molecule has 2 rings (SSSR count). The summed E-state index contributed by atoms with van der Waals surface area (Å²) < 4.78 is 44.7. The topological polar surface area (TPSA) is 38.3 Å². The third kappa shape index (κ3) is 4.23. The van der Waals surface area contributed by atoms with Crippen molar-refractivity contribution < 1.29 is 22.7 Å². The van der Waals surface area contributed by atoms with Crippen LogP contribution in [0.2, 0.25) is 5.02 Å². The van der Waals surface area contributed by atoms with Crippen molar-refractivity contribution in [3.8, 4) is 5.75 Å². The van der Waals surface area contributed by atoms with Gasteiger partial charge in [0.25, 0.3) is 5.91 Å². The van der Waals surface area contributed by atoms with Crippen molar-refractivity contribution in [2.24, 2.45) is 0 Å². The standard InChI is InChI=1S/C15H9Br2ClF3NO2/c1-24-13-9(5-8(16)6-10(13)17)14(23)22-12-4-7(15(19,20)21)2-3-11(12)18/h2-6H,1H3,(H,22,23). The Morgan fingerprint density at radius 2 is 1.88 bits per heavy atom. The van der Waals surface area contributed by atoms with Crippen LogP contribution in [0.1, 0.15) is 15.9 Å². The highest BCUT2D eigenvalue weighted by molar-refractivity contribution is 9.11. The average Bonchev–Trinajstić information content (AvgIpc) is 2.47. The Labute approximate surface area is 157 Å². The molecule has 1 N–H and O–H groups in total. The molecule has 0 saturated carbocycles. The van der Waals surface area contributed by atoms with E-state index in [2.05, 4.69) is 37.2 Å². The van der Waals surface area contributed by atoms with E-state index in [-0.39, 0.29) is 22.0 Å². The number of ether oxygens (including phenoxy) is 1. The van der Waals surface area contributed by atoms with Gasteiger partial charge >= 0.3 is 6.18 Å². The molecule has 0 aliphatic rings. The van der Waals surface area contributed by atoms with Crippen molar-refractivity contribution in [2.45, 2.75) is 6.18 Å². The third-order valence-electron chi connectivity index (χ3n) is 3.00. The molecule has 9 heteroatoms. The second-order valence-corrected chi connectivity index (χ2v) is 6.79. The minimum absolute atomic E-state index is 0.00983. The fraction of sp³-hybridized carbons (Fsp3) is 0.133. The maximum absolute atomic E-state index is 12.8. The van der Waals surface area contributed by atoms with Crippen LogP contribution in [-0.2, 0) is 6.18 Å². The second kappa shape index (κ2) is 7.33. The van der Waals surface area contributed by atoms with Gasteiger partial charge in [-0.25, -0.2) is 0 Å². The van der Waals surface area contributed by atoms with Crippen LogP contribution in [0, 0.1) is 0 Å². The minimum Gasteiger partial charge on any atom is -0.495 e. The van der Waals surface area contributed by atoms with E-state index in [1.165, 1.54) is 13.2 Å². The lowest BCUT2D eigenvalue weighted by molar-refractivity contribution is -0.137. The second-order valence-electron chi connectivity index (χ2n) is 4.61. The van der Waals surface area contributed by atoms with Crippen molar-refractivity contribution in [3.05, 3.63) is 55.4 Å². The molecule has 0 unspecified atom stereocenters. The molecule has 3 nitrogen and oxygen atoms in total. The zero-order valence-electron chi connectivity index (χ0n) is 12.0. The SMILES string of the molecule is COc1c(Br)cc(Br)cc1C(=O)Nc1cc(C(F)(F)F)ccc1Cl. The van der Waals surface area contributed by atoms with E-state index in [1.54, 1.807) is 6.07 Å². The van der Waals surface area contributed by atoms with Gasteiger partial charge in [-0.3, -0.25) is 4.79 Å². The number of rotatable bonds is 3. The number of anilines is 1. The first-order chi connectivity index (χ1) is 11.1. The van der Waals surface area contributed by atoms with Gasteiger partial charge in [-0.2, -0.15) is 13.2 Å². The van der Waals surface area contributed by atoms with E-state index < -0.39 is 17.6 Å². The molecule has 2 aromatic rings. The minimum atomic E-state index is -4.54. The molecular weight excluding hydrogens is 478 g/mol. The number of nitrogens with one attached hydrogen (secondary N) is 1. The van der Waals surface area contributed by atoms with E-state index >= 15 is 0 Å². The Morgan fingerprint density at radius 1 is 1.21 bits per heavy atom. The first kappa shape index (κ1) is 19.1. The normalized spacial score (nSPS) is 11.3. The van der Waals surface area contributed by atoms with Gasteiger partial charge < -0.3 is 10.1 Å². The van der Waals surface area contributed by atoms with Crippen molar-refractivity contribution in [1.29, 1.82) is 0 Å². The Hall–Kier alpha value is -1.25. The van der Waals surface area contributed by atoms with Gasteiger partial charge in [0.05, 0.1) is 33.4 Å². The summed E-state index contributed by atoms with van der Waals surface area (Å²) in [5.41, 5.74) is -0.925. The van der Waals surface area contributed by atoms with Gasteiger partial charge in [0.15, 0.2) is 0 Å². The van der Waals surface area contributed by atoms with Crippen molar-refractivity contribution in [2.75, 3.05) is 12.4 Å². The molecule has 24 heavy (non-hydrogen) atoms. The van der Waals surface area contributed by atoms with E-state index in [9.17, 15) is 18.0 Å². The zero-order valence-corrected chi connectivity index (χ0v) is 15.9. The highest BCUT2D eigenvalue weighted by Crippen LogP contribution is 2.36. The Morgan fingerprint density at radius 3 is 2.46 bits per heavy atom. The first-order valence-corrected chi connectivity index (χ1v) is 8.31. The quantitative estimate of drug-likeness (QED) is 0.565. The molecule has 0 aliphatic heterocycles. The molecule has 0 atom stereocenters. The Bertz CT molecular complexity index is 797. The summed E-state index contributed by atoms with van der Waals surface area (Å²) >= 11 is 12.4. The van der Waals surface area contributed by atoms with Crippen LogP contribution in [0.4, 0.5) is 18.9 Å². The number of halogens is 6. The van der Waals surface area contributed by atoms with Crippen molar-refractivity contribution >= 4 is 55.1 Å². The first-order valence-electron chi connectivity index (χ1n) is 6.34. The monoisotopic (exact) mass is 485 g/mol. The summed E-state index contributed by atoms with van der Waals surface area (Å²) in [7, 11) is 1.38. The predicted octanol–water partition coefficient (Wildman–Crippen LogP) is 6.14. The summed E-state index contributed by atoms with van der Waals surface area (Å²) in [5.74, 6) is -0.408. The molecular formula is C15H9Br2ClF3NO2. The Kier molecular flexibility index (Phi) is 5.83. The van der Waals surface area contributed by atoms with Crippen LogP contribution >= 0.6 is 43.5 Å². The maximum atomic E-state index is 12.8. The summed E-state index contributed by atoms with van der Waals surface area (Å²) in [5, 5.41) is 2.37. The van der Waals surface area contributed by atoms with Crippen molar-refractivity contribution in [3.63, 3.8) is 0 Å². The molecule has 0 radical (unpaired) electrons. The van der Waals surface area contributed by atoms with Gasteiger partial charge in [0, 0.05) is 4.47 Å². The molecule has 0 bridgehead atoms. The number of alkyl halides is 3. The third-order valence-corrected chi connectivity index (χ3v) is 4.38. The van der Waals surface area contributed by atoms with E-state index in [1.807, 2.05) is 0 Å². The highest BCUT2D eigenvalue weighted by atomic mass is 79.9. The number of carbonyl (C=O) groups is 1. The van der Waals surface area contributed by atoms with Crippen LogP contribution in [-0.4, -0.2) is 13.0 Å². The number of amides is 1. The lowest BCUT2D eigenvalue weighted by atomic mass is 10.1. The van der Waals surface area contributed by atoms with Gasteiger partial charge in [-0.15, -0.1) is 0 Å². The fourth-order valence-electron chi connectivity index (χ4n) is 1.92. The van der Waals surface area contributed by atoms with Crippen LogP contribution in [0.3, 0.4) is 0 Å². The molecule has 0 aromatic heterocycles. The van der Waals surface area contributed by atoms with Gasteiger partial charge in [0.2, 0.25) is 0 Å². The molecule has 0 fully saturated rings. The molecule has 128 valence electrons. The van der Waals surface area contributed by atoms with Gasteiger partial charge in [-0.1, -0.05) is 27.5 Å². The highest BCUT2D eigenvalue weighted by Gasteiger charge is 2.31. The predicted molar refractivity (Wildman–Crippen MR) is 92.8 cm³/mol. The van der Waals surface area contributed by atoms with Gasteiger partial charge in [0.1, 0.15) is 5.75 Å². The summed E-state index contributed by atoms with van der Waals surface area (Å²) in [4.78, 5) is 12.4. The summed E-state index contributed by atoms with van der Waals surface area (Å²) in [6, 6.07) is 5.86. The Balaban J connectivity index is 2.41. The molecule has 0 spiro atoms. The van der Waals surface area contributed by atoms with Crippen LogP contribution < -0.4 is 10.1 Å². The smallest absolute Gasteiger partial charge is 0.416 e. The average molecular weight is 487 g/mol. The lowest BCUT2D eigenvalue weighted by Crippen LogP contribution is -2.15. The largest absolute Gasteiger partial charge is 0.495 e. The van der Waals surface area contributed by atoms with Crippen molar-refractivity contribution in [1.82, 2.24) is 0 Å². The van der Waals surface area contributed by atoms with Crippen LogP contribution in [0.5, 0.6) is 5.75 Å². The fourth-order valence-corrected chi connectivity index (χ4v) is 3.48. The number of carbonyl (C=O) groups excluding carboxylic acids is 1. The van der Waals surface area contributed by atoms with E-state index in [0.717, 1.165) is 18.2 Å². The van der Waals surface area contributed by atoms with E-state index in [0.29, 0.717) is 8.95 Å². The summed E-state index contributed by atoms with van der Waals surface area (Å²) in [6.45, 7) is 0. The van der Waals surface area contributed by atoms with Gasteiger partial charge in [-0.05, 0) is 46.3 Å². The lowest BCUT2D eigenvalue weighted by Gasteiger charge is -2.14. The number of benzene rings is 2. The number of hydrogen-bond donors (Lipinski definition) is 1. The van der Waals surface area contributed by atoms with Crippen LogP contribution in [0.25, 0.3) is 0 Å². The molecule has 0 aliphatic carbocycles. The number of methoxy groups -OCH3 is 1. The molecule has 0 saturated heterocycles. The molecule has 2 aromatic carbocycles.